The van der Waals surface area contributed by atoms with Crippen molar-refractivity contribution in [3.8, 4) is 24.3 Å². The maximum Gasteiger partial charge on any atom is 0.269 e. The van der Waals surface area contributed by atoms with Crippen molar-refractivity contribution in [1.82, 2.24) is 0 Å². The van der Waals surface area contributed by atoms with Crippen molar-refractivity contribution < 1.29 is 18.9 Å². The molecule has 0 saturated heterocycles. The minimum atomic E-state index is -0.241. The maximum atomic E-state index is 9.41. The smallest absolute Gasteiger partial charge is 0.269 e. The van der Waals surface area contributed by atoms with E-state index in [2.05, 4.69) is 165 Å². The number of aryl methyl sites for hydroxylation is 2. The van der Waals surface area contributed by atoms with Crippen LogP contribution >= 0.6 is 0 Å². The van der Waals surface area contributed by atoms with Crippen LogP contribution < -0.4 is 19.6 Å². The molecule has 0 unspecified atom stereocenters. The molecule has 4 aromatic rings. The van der Waals surface area contributed by atoms with Gasteiger partial charge in [0.2, 0.25) is 0 Å². The third kappa shape index (κ3) is 19.7. The minimum Gasteiger partial charge on any atom is -0.462 e. The molecule has 10 heterocycles. The molecule has 0 aliphatic carbocycles. The summed E-state index contributed by atoms with van der Waals surface area (Å²) in [6, 6.07) is 29.9. The highest BCUT2D eigenvalue weighted by Crippen LogP contribution is 2.52. The Labute approximate surface area is 694 Å². The van der Waals surface area contributed by atoms with Crippen molar-refractivity contribution in [3.05, 3.63) is 326 Å². The third-order valence-electron chi connectivity index (χ3n) is 23.2. The lowest BCUT2D eigenvalue weighted by molar-refractivity contribution is 0.223. The fraction of sp³-hybridized carbons (Fsp3) is 0.366. The van der Waals surface area contributed by atoms with E-state index in [4.69, 9.17) is 55.8 Å². The van der Waals surface area contributed by atoms with Gasteiger partial charge < -0.3 is 38.5 Å². The van der Waals surface area contributed by atoms with Gasteiger partial charge in [0.1, 0.15) is 46.1 Å². The molecule has 0 bridgehead atoms. The Balaban J connectivity index is 0.000000155. The molecule has 0 aromatic heterocycles. The molecule has 10 aliphatic rings. The van der Waals surface area contributed by atoms with Crippen molar-refractivity contribution in [3.63, 3.8) is 0 Å². The van der Waals surface area contributed by atoms with Gasteiger partial charge in [0.15, 0.2) is 0 Å². The van der Waals surface area contributed by atoms with Crippen LogP contribution in [0.5, 0.6) is 0 Å². The van der Waals surface area contributed by atoms with E-state index in [0.717, 1.165) is 98.6 Å². The average Bonchev–Trinajstić information content (AvgIpc) is 0.733. The highest BCUT2D eigenvalue weighted by molar-refractivity contribution is 5.75. The van der Waals surface area contributed by atoms with Crippen LogP contribution in [0.2, 0.25) is 0 Å². The number of rotatable bonds is 10. The fourth-order valence-electron chi connectivity index (χ4n) is 16.2. The van der Waals surface area contributed by atoms with Gasteiger partial charge in [-0.05, 0) is 286 Å². The Hall–Kier alpha value is -13.0. The standard InChI is InChI=1S/C30H35N3O.C29H33N3O.C23H21N3O.C19H17N3O/c1-28(2,3)26-18-21(25(19-31)32-8)17-22(34-26)10-9-20-15-23-27-24(16-20)30(6,7)12-14-33(27)13-11-29(23,4)5;1-19(2)26-17-21(25(18-30)31-7)16-22(33-26)9-8-20-14-23-27-24(15-20)29(5,6)11-13-32(27)12-10-28(23,3)4;1-16-11-20(22(15-24)25-2)14-21(27-16)8-7-17-12-18-5-3-9-26-10-4-6-19(13-17)23(18)26;1-14-11-16(19(13-20)21-2)12-18(23-14)10-7-15-5-8-17(9-6-15)22(3)4/h9-10,15-18H,11-14H2,1-7H3;8-9,14-17,19H,10-13H2,1-6H3;7-8,11-14H,3-6,9-10H2,1H3;5-12H,1,3-4H3/b10-9+,25-21-;9-8+,25-21-;8-7+,22-20+;10-7+,19-16+. The zero-order valence-corrected chi connectivity index (χ0v) is 71.0. The third-order valence-corrected chi connectivity index (χ3v) is 23.2. The zero-order valence-electron chi connectivity index (χ0n) is 71.0. The van der Waals surface area contributed by atoms with Crippen LogP contribution in [0, 0.1) is 82.9 Å². The van der Waals surface area contributed by atoms with Gasteiger partial charge in [-0.1, -0.05) is 126 Å². The second-order valence-electron chi connectivity index (χ2n) is 35.3. The molecule has 0 spiro atoms. The lowest BCUT2D eigenvalue weighted by Crippen LogP contribution is -2.44. The predicted molar refractivity (Wildman–Crippen MR) is 472 cm³/mol. The lowest BCUT2D eigenvalue weighted by Gasteiger charge is -2.48. The monoisotopic (exact) mass is 1550 g/mol. The first kappa shape index (κ1) is 84.9. The Morgan fingerprint density at radius 2 is 0.752 bits per heavy atom. The number of ether oxygens (including phenoxy) is 4. The van der Waals surface area contributed by atoms with Crippen molar-refractivity contribution in [1.29, 1.82) is 21.0 Å². The first-order valence-corrected chi connectivity index (χ1v) is 40.4. The highest BCUT2D eigenvalue weighted by atomic mass is 16.5. The summed E-state index contributed by atoms with van der Waals surface area (Å²) in [5, 5.41) is 36.9. The molecule has 0 amide bonds. The SMILES string of the molecule is [C-]#[N+]/C(C#N)=C1C=C(/C=C/c2cc3c4c(c2)C(C)(C)CCN4CCC3(C)C)OC(C(C)(C)C)=C/1.[C-]#[N+]/C(C#N)=C1C=C(/C=C/c2cc3c4c(c2)C(C)(C)CCN4CCC3(C)C)OC(C(C)C)=C/1.[C-]#[N+]/C(C#N)=C1\C=C(C)OC(/C=C/c2cc3c4c(c2)CCCN4CCC3)=C1.[C-]#[N+]/C(C#N)=C1\C=C(C)OC(/C=C/c2ccc(N(C)C)cc2)=C1. The molecule has 0 saturated carbocycles. The van der Waals surface area contributed by atoms with E-state index < -0.39 is 0 Å². The van der Waals surface area contributed by atoms with Gasteiger partial charge in [-0.25, -0.2) is 40.4 Å². The summed E-state index contributed by atoms with van der Waals surface area (Å²) >= 11 is 0. The van der Waals surface area contributed by atoms with Gasteiger partial charge in [0.25, 0.3) is 22.8 Å². The Kier molecular flexibility index (Phi) is 25.7. The quantitative estimate of drug-likeness (QED) is 0.109. The molecule has 594 valence electrons. The van der Waals surface area contributed by atoms with Crippen LogP contribution in [0.4, 0.5) is 22.7 Å². The first-order chi connectivity index (χ1) is 55.6. The van der Waals surface area contributed by atoms with Crippen LogP contribution in [0.25, 0.3) is 43.7 Å². The second kappa shape index (κ2) is 35.4. The average molecular weight is 1550 g/mol. The van der Waals surface area contributed by atoms with E-state index >= 15 is 0 Å². The van der Waals surface area contributed by atoms with E-state index in [0.29, 0.717) is 56.8 Å². The predicted octanol–water partition coefficient (Wildman–Crippen LogP) is 23.6. The summed E-state index contributed by atoms with van der Waals surface area (Å²) in [6.45, 7) is 68.5. The molecule has 4 aromatic carbocycles. The lowest BCUT2D eigenvalue weighted by atomic mass is 9.69. The molecule has 0 atom stereocenters. The van der Waals surface area contributed by atoms with Crippen molar-refractivity contribution in [2.75, 3.05) is 73.0 Å². The number of nitriles is 4. The summed E-state index contributed by atoms with van der Waals surface area (Å²) in [5.41, 5.74) is 21.7. The van der Waals surface area contributed by atoms with Gasteiger partial charge in [0.05, 0.1) is 50.6 Å². The Bertz CT molecular complexity index is 5410. The summed E-state index contributed by atoms with van der Waals surface area (Å²) in [5.74, 6) is 5.55. The van der Waals surface area contributed by atoms with E-state index in [-0.39, 0.29) is 55.8 Å². The normalized spacial score (nSPS) is 20.4. The number of benzene rings is 4. The van der Waals surface area contributed by atoms with E-state index in [1.165, 1.54) is 81.9 Å². The van der Waals surface area contributed by atoms with Crippen LogP contribution in [0.1, 0.15) is 198 Å². The molecular formula is C101H106N12O4. The zero-order chi connectivity index (χ0) is 84.5. The van der Waals surface area contributed by atoms with Gasteiger partial charge >= 0.3 is 0 Å². The van der Waals surface area contributed by atoms with Crippen molar-refractivity contribution >= 4 is 47.1 Å². The highest BCUT2D eigenvalue weighted by Gasteiger charge is 2.42. The fourth-order valence-corrected chi connectivity index (χ4v) is 16.2. The summed E-state index contributed by atoms with van der Waals surface area (Å²) in [4.78, 5) is 23.1. The molecule has 16 nitrogen and oxygen atoms in total. The molecule has 10 aliphatic heterocycles. The van der Waals surface area contributed by atoms with Gasteiger partial charge in [0, 0.05) is 87.4 Å². The van der Waals surface area contributed by atoms with E-state index in [1.807, 2.05) is 125 Å². The molecule has 14 rings (SSSR count). The number of hydrogen-bond acceptors (Lipinski definition) is 12. The van der Waals surface area contributed by atoms with Crippen LogP contribution in [-0.2, 0) is 53.4 Å². The topological polar surface area (TPSA) is 162 Å². The minimum absolute atomic E-state index is 0.0638. The van der Waals surface area contributed by atoms with Gasteiger partial charge in [-0.15, -0.1) is 0 Å². The Morgan fingerprint density at radius 1 is 0.427 bits per heavy atom. The largest absolute Gasteiger partial charge is 0.462 e. The number of allylic oxidation sites excluding steroid dienone is 24. The number of hydrogen-bond donors (Lipinski definition) is 0. The summed E-state index contributed by atoms with van der Waals surface area (Å²) in [6.07, 6.45) is 39.3. The maximum absolute atomic E-state index is 9.41. The van der Waals surface area contributed by atoms with E-state index in [1.54, 1.807) is 49.5 Å². The Morgan fingerprint density at radius 3 is 1.09 bits per heavy atom. The van der Waals surface area contributed by atoms with Gasteiger partial charge in [-0.2, -0.15) is 0 Å². The molecule has 117 heavy (non-hydrogen) atoms. The van der Waals surface area contributed by atoms with E-state index in [9.17, 15) is 10.5 Å². The molecular weight excluding hydrogens is 1450 g/mol. The van der Waals surface area contributed by atoms with Crippen LogP contribution in [-0.4, -0.2) is 53.4 Å². The van der Waals surface area contributed by atoms with Gasteiger partial charge in [-0.3, -0.25) is 0 Å². The van der Waals surface area contributed by atoms with Crippen molar-refractivity contribution in [2.24, 2.45) is 11.3 Å². The number of nitrogens with zero attached hydrogens (tertiary/aromatic N) is 12. The number of anilines is 4. The molecule has 0 fully saturated rings. The van der Waals surface area contributed by atoms with Crippen LogP contribution in [0.15, 0.2) is 225 Å². The molecule has 0 N–H and O–H groups in total. The summed E-state index contributed by atoms with van der Waals surface area (Å²) in [7, 11) is 4.00. The van der Waals surface area contributed by atoms with Crippen molar-refractivity contribution in [2.45, 2.75) is 177 Å². The second-order valence-corrected chi connectivity index (χ2v) is 35.3. The first-order valence-electron chi connectivity index (χ1n) is 40.4. The summed E-state index contributed by atoms with van der Waals surface area (Å²) < 4.78 is 23.7. The van der Waals surface area contributed by atoms with Crippen LogP contribution in [0.3, 0.4) is 0 Å². The molecule has 0 radical (unpaired) electrons. The molecule has 16 heteroatoms.